The van der Waals surface area contributed by atoms with Gasteiger partial charge in [-0.15, -0.1) is 0 Å². The van der Waals surface area contributed by atoms with Crippen LogP contribution in [0, 0.1) is 22.7 Å². The maximum Gasteiger partial charge on any atom is 0.137 e. The van der Waals surface area contributed by atoms with Gasteiger partial charge in [-0.05, 0) is 47.5 Å². The highest BCUT2D eigenvalue weighted by Gasteiger charge is 2.25. The first-order valence-electron chi connectivity index (χ1n) is 9.41. The molecule has 6 heteroatoms. The Bertz CT molecular complexity index is 1550. The van der Waals surface area contributed by atoms with Crippen LogP contribution in [-0.4, -0.2) is 9.38 Å². The molecule has 0 aliphatic heterocycles. The molecule has 0 spiro atoms. The number of aromatic nitrogens is 2. The van der Waals surface area contributed by atoms with Gasteiger partial charge in [-0.25, -0.2) is 4.98 Å². The molecule has 0 saturated carbocycles. The number of nitrogens with zero attached hydrogens (tertiary/aromatic N) is 4. The van der Waals surface area contributed by atoms with E-state index in [-0.39, 0.29) is 0 Å². The molecular formula is C25H12Br2N4. The van der Waals surface area contributed by atoms with Crippen LogP contribution in [0.25, 0.3) is 38.9 Å². The number of hydrogen-bond acceptors (Lipinski definition) is 3. The second-order valence-electron chi connectivity index (χ2n) is 6.98. The molecule has 4 nitrogen and oxygen atoms in total. The van der Waals surface area contributed by atoms with Gasteiger partial charge in [0.25, 0.3) is 0 Å². The maximum atomic E-state index is 10.1. The summed E-state index contributed by atoms with van der Waals surface area (Å²) < 4.78 is 3.89. The summed E-state index contributed by atoms with van der Waals surface area (Å²) >= 11 is 6.99. The third-order valence-corrected chi connectivity index (χ3v) is 6.30. The molecule has 0 fully saturated rings. The van der Waals surface area contributed by atoms with Gasteiger partial charge >= 0.3 is 0 Å². The lowest BCUT2D eigenvalue weighted by Crippen LogP contribution is -1.98. The Morgan fingerprint density at radius 2 is 1.29 bits per heavy atom. The molecular weight excluding hydrogens is 516 g/mol. The maximum absolute atomic E-state index is 10.1. The Hall–Kier alpha value is -3.45. The first-order chi connectivity index (χ1) is 15.1. The van der Waals surface area contributed by atoms with Gasteiger partial charge < -0.3 is 0 Å². The third-order valence-electron chi connectivity index (χ3n) is 5.24. The SMILES string of the molecule is N#Cc1c(-c2ccc(Br)cc2)c(-c2ccc(Br)cc2)c2c(nc3ccccn32)c1C#N. The van der Waals surface area contributed by atoms with E-state index >= 15 is 0 Å². The molecule has 0 aliphatic carbocycles. The number of rotatable bonds is 2. The fourth-order valence-electron chi connectivity index (χ4n) is 3.92. The zero-order chi connectivity index (χ0) is 21.5. The van der Waals surface area contributed by atoms with E-state index in [0.29, 0.717) is 16.6 Å². The van der Waals surface area contributed by atoms with E-state index in [0.717, 1.165) is 42.4 Å². The average Bonchev–Trinajstić information content (AvgIpc) is 3.18. The molecule has 0 amide bonds. The quantitative estimate of drug-likeness (QED) is 0.246. The molecule has 0 unspecified atom stereocenters. The summed E-state index contributed by atoms with van der Waals surface area (Å²) in [7, 11) is 0. The molecule has 3 aromatic carbocycles. The summed E-state index contributed by atoms with van der Waals surface area (Å²) in [5.74, 6) is 0. The smallest absolute Gasteiger partial charge is 0.137 e. The lowest BCUT2D eigenvalue weighted by molar-refractivity contribution is 1.23. The summed E-state index contributed by atoms with van der Waals surface area (Å²) in [6, 6.07) is 26.0. The van der Waals surface area contributed by atoms with Crippen LogP contribution < -0.4 is 0 Å². The summed E-state index contributed by atoms with van der Waals surface area (Å²) in [5.41, 5.74) is 6.10. The molecule has 2 aromatic heterocycles. The number of fused-ring (bicyclic) bond motifs is 3. The number of imidazole rings is 1. The van der Waals surface area contributed by atoms with Crippen LogP contribution in [0.15, 0.2) is 81.9 Å². The summed E-state index contributed by atoms with van der Waals surface area (Å²) in [4.78, 5) is 4.72. The van der Waals surface area contributed by atoms with Gasteiger partial charge in [0.15, 0.2) is 0 Å². The van der Waals surface area contributed by atoms with Gasteiger partial charge in [0, 0.05) is 26.3 Å². The molecule has 5 rings (SSSR count). The highest BCUT2D eigenvalue weighted by Crippen LogP contribution is 2.43. The number of hydrogen-bond donors (Lipinski definition) is 0. The molecule has 0 atom stereocenters. The van der Waals surface area contributed by atoms with E-state index in [2.05, 4.69) is 44.0 Å². The Balaban J connectivity index is 2.07. The monoisotopic (exact) mass is 526 g/mol. The van der Waals surface area contributed by atoms with Crippen LogP contribution in [0.3, 0.4) is 0 Å². The van der Waals surface area contributed by atoms with Crippen molar-refractivity contribution in [2.45, 2.75) is 0 Å². The standard InChI is InChI=1S/C25H12Br2N4/c26-17-8-4-15(5-9-17)22-19(13-28)20(14-29)24-25(31-12-2-1-3-21(31)30-24)23(22)16-6-10-18(27)11-7-16/h1-12H. The van der Waals surface area contributed by atoms with Gasteiger partial charge in [0.1, 0.15) is 23.3 Å². The van der Waals surface area contributed by atoms with Crippen LogP contribution in [-0.2, 0) is 0 Å². The Morgan fingerprint density at radius 3 is 1.87 bits per heavy atom. The molecule has 0 bridgehead atoms. The fraction of sp³-hybridized carbons (Fsp3) is 0. The van der Waals surface area contributed by atoms with Crippen molar-refractivity contribution in [2.24, 2.45) is 0 Å². The van der Waals surface area contributed by atoms with E-state index in [1.54, 1.807) is 0 Å². The lowest BCUT2D eigenvalue weighted by Gasteiger charge is -2.16. The van der Waals surface area contributed by atoms with Crippen LogP contribution in [0.1, 0.15) is 11.1 Å². The molecule has 0 saturated heterocycles. The molecule has 5 aromatic rings. The Kier molecular flexibility index (Phi) is 4.82. The van der Waals surface area contributed by atoms with Crippen molar-refractivity contribution < 1.29 is 0 Å². The summed E-state index contributed by atoms with van der Waals surface area (Å²) in [6.45, 7) is 0. The predicted molar refractivity (Wildman–Crippen MR) is 128 cm³/mol. The van der Waals surface area contributed by atoms with E-state index in [4.69, 9.17) is 4.98 Å². The number of nitriles is 2. The zero-order valence-corrected chi connectivity index (χ0v) is 19.1. The van der Waals surface area contributed by atoms with Crippen molar-refractivity contribution >= 4 is 48.5 Å². The van der Waals surface area contributed by atoms with E-state index in [1.165, 1.54) is 0 Å². The number of halogens is 2. The Labute approximate surface area is 195 Å². The minimum Gasteiger partial charge on any atom is -0.299 e. The largest absolute Gasteiger partial charge is 0.299 e. The van der Waals surface area contributed by atoms with Crippen molar-refractivity contribution in [1.29, 1.82) is 10.5 Å². The van der Waals surface area contributed by atoms with Gasteiger partial charge in [-0.1, -0.05) is 62.2 Å². The van der Waals surface area contributed by atoms with E-state index in [9.17, 15) is 10.5 Å². The number of pyridine rings is 1. The minimum atomic E-state index is 0.292. The topological polar surface area (TPSA) is 64.9 Å². The second-order valence-corrected chi connectivity index (χ2v) is 8.81. The highest BCUT2D eigenvalue weighted by atomic mass is 79.9. The van der Waals surface area contributed by atoms with Crippen molar-refractivity contribution in [1.82, 2.24) is 9.38 Å². The summed E-state index contributed by atoms with van der Waals surface area (Å²) in [6.07, 6.45) is 1.94. The lowest BCUT2D eigenvalue weighted by atomic mass is 9.87. The van der Waals surface area contributed by atoms with Crippen LogP contribution >= 0.6 is 31.9 Å². The first-order valence-corrected chi connectivity index (χ1v) is 11.0. The van der Waals surface area contributed by atoms with Crippen molar-refractivity contribution in [3.63, 3.8) is 0 Å². The van der Waals surface area contributed by atoms with Gasteiger partial charge in [-0.2, -0.15) is 10.5 Å². The van der Waals surface area contributed by atoms with Gasteiger partial charge in [-0.3, -0.25) is 4.40 Å². The van der Waals surface area contributed by atoms with E-state index < -0.39 is 0 Å². The van der Waals surface area contributed by atoms with Gasteiger partial charge in [0.05, 0.1) is 16.6 Å². The normalized spacial score (nSPS) is 10.8. The van der Waals surface area contributed by atoms with Crippen LogP contribution in [0.5, 0.6) is 0 Å². The molecule has 0 N–H and O–H groups in total. The first kappa shape index (κ1) is 19.5. The van der Waals surface area contributed by atoms with Gasteiger partial charge in [0.2, 0.25) is 0 Å². The van der Waals surface area contributed by atoms with Crippen LogP contribution in [0.2, 0.25) is 0 Å². The molecule has 0 radical (unpaired) electrons. The molecule has 31 heavy (non-hydrogen) atoms. The average molecular weight is 528 g/mol. The minimum absolute atomic E-state index is 0.292. The predicted octanol–water partition coefficient (Wildman–Crippen LogP) is 7.09. The molecule has 0 aliphatic rings. The fourth-order valence-corrected chi connectivity index (χ4v) is 4.45. The van der Waals surface area contributed by atoms with E-state index in [1.807, 2.05) is 77.3 Å². The molecule has 146 valence electrons. The zero-order valence-electron chi connectivity index (χ0n) is 16.0. The highest BCUT2D eigenvalue weighted by molar-refractivity contribution is 9.10. The third kappa shape index (κ3) is 3.13. The van der Waals surface area contributed by atoms with Crippen molar-refractivity contribution in [2.75, 3.05) is 0 Å². The van der Waals surface area contributed by atoms with Crippen molar-refractivity contribution in [3.8, 4) is 34.4 Å². The molecule has 2 heterocycles. The second kappa shape index (κ2) is 7.67. The summed E-state index contributed by atoms with van der Waals surface area (Å²) in [5, 5.41) is 20.2. The van der Waals surface area contributed by atoms with Crippen molar-refractivity contribution in [3.05, 3.63) is 93.0 Å². The number of benzene rings is 3. The Morgan fingerprint density at radius 1 is 0.710 bits per heavy atom. The van der Waals surface area contributed by atoms with Crippen LogP contribution in [0.4, 0.5) is 0 Å².